The smallest absolute Gasteiger partial charge is 0.185 e. The fraction of sp³-hybridized carbons (Fsp3) is 0.111. The van der Waals surface area contributed by atoms with E-state index in [0.29, 0.717) is 0 Å². The van der Waals surface area contributed by atoms with Crippen LogP contribution in [-0.4, -0.2) is 16.8 Å². The minimum Gasteiger partial charge on any atom is -0.374 e. The largest absolute Gasteiger partial charge is 0.374 e. The highest BCUT2D eigenvalue weighted by Crippen LogP contribution is 2.27. The van der Waals surface area contributed by atoms with Gasteiger partial charge in [0.05, 0.1) is 11.6 Å². The van der Waals surface area contributed by atoms with Gasteiger partial charge >= 0.3 is 0 Å². The number of carbonyl (C=O) groups is 1. The van der Waals surface area contributed by atoms with Gasteiger partial charge < -0.3 is 5.32 Å². The van der Waals surface area contributed by atoms with Gasteiger partial charge in [0.1, 0.15) is 0 Å². The summed E-state index contributed by atoms with van der Waals surface area (Å²) in [6.45, 7) is 0. The molecule has 4 rings (SSSR count). The number of ketones is 1. The molecule has 2 aromatic carbocycles. The summed E-state index contributed by atoms with van der Waals surface area (Å²) >= 11 is 0. The summed E-state index contributed by atoms with van der Waals surface area (Å²) in [5.74, 6) is 0.136. The van der Waals surface area contributed by atoms with E-state index in [1.54, 1.807) is 6.20 Å². The summed E-state index contributed by atoms with van der Waals surface area (Å²) in [5.41, 5.74) is 3.93. The molecule has 0 radical (unpaired) electrons. The number of anilines is 1. The van der Waals surface area contributed by atoms with Crippen molar-refractivity contribution in [2.24, 2.45) is 0 Å². The average Bonchev–Trinajstić information content (AvgIpc) is 2.97. The van der Waals surface area contributed by atoms with Crippen molar-refractivity contribution in [3.8, 4) is 0 Å². The Morgan fingerprint density at radius 3 is 2.90 bits per heavy atom. The molecule has 21 heavy (non-hydrogen) atoms. The Kier molecular flexibility index (Phi) is 2.71. The number of benzene rings is 2. The van der Waals surface area contributed by atoms with Gasteiger partial charge in [-0.2, -0.15) is 0 Å². The van der Waals surface area contributed by atoms with Gasteiger partial charge in [-0.15, -0.1) is 0 Å². The molecule has 3 heteroatoms. The highest BCUT2D eigenvalue weighted by molar-refractivity contribution is 6.05. The molecule has 0 fully saturated rings. The van der Waals surface area contributed by atoms with Gasteiger partial charge in [0, 0.05) is 29.3 Å². The molecule has 1 N–H and O–H groups in total. The van der Waals surface area contributed by atoms with Crippen molar-refractivity contribution >= 4 is 22.4 Å². The van der Waals surface area contributed by atoms with Gasteiger partial charge in [0.15, 0.2) is 5.78 Å². The van der Waals surface area contributed by atoms with Crippen molar-refractivity contribution in [3.05, 3.63) is 71.9 Å². The first kappa shape index (κ1) is 12.1. The van der Waals surface area contributed by atoms with Crippen LogP contribution in [0.4, 0.5) is 5.69 Å². The first-order valence-electron chi connectivity index (χ1n) is 7.05. The normalized spacial score (nSPS) is 16.5. The van der Waals surface area contributed by atoms with Crippen molar-refractivity contribution in [1.29, 1.82) is 0 Å². The third-order valence-electron chi connectivity index (χ3n) is 3.98. The van der Waals surface area contributed by atoms with Crippen LogP contribution in [0.3, 0.4) is 0 Å². The van der Waals surface area contributed by atoms with Crippen LogP contribution in [0.1, 0.15) is 15.9 Å². The molecule has 1 unspecified atom stereocenters. The maximum atomic E-state index is 12.7. The fourth-order valence-corrected chi connectivity index (χ4v) is 2.89. The fourth-order valence-electron chi connectivity index (χ4n) is 2.89. The second-order valence-electron chi connectivity index (χ2n) is 5.33. The van der Waals surface area contributed by atoms with E-state index in [-0.39, 0.29) is 11.8 Å². The number of nitrogens with one attached hydrogen (secondary N) is 1. The van der Waals surface area contributed by atoms with Gasteiger partial charge in [0.2, 0.25) is 0 Å². The zero-order valence-corrected chi connectivity index (χ0v) is 11.4. The maximum Gasteiger partial charge on any atom is 0.185 e. The Bertz CT molecular complexity index is 816. The number of nitrogens with zero attached hydrogens (tertiary/aromatic N) is 1. The molecule has 1 aliphatic rings. The average molecular weight is 274 g/mol. The number of rotatable bonds is 2. The summed E-state index contributed by atoms with van der Waals surface area (Å²) in [6, 6.07) is 17.5. The van der Waals surface area contributed by atoms with Crippen LogP contribution in [0.15, 0.2) is 60.8 Å². The molecule has 102 valence electrons. The topological polar surface area (TPSA) is 42.0 Å². The van der Waals surface area contributed by atoms with Gasteiger partial charge in [-0.25, -0.2) is 0 Å². The first-order chi connectivity index (χ1) is 10.3. The van der Waals surface area contributed by atoms with E-state index < -0.39 is 0 Å². The number of pyridine rings is 1. The van der Waals surface area contributed by atoms with Crippen molar-refractivity contribution in [2.75, 3.05) is 5.32 Å². The van der Waals surface area contributed by atoms with Crippen LogP contribution >= 0.6 is 0 Å². The lowest BCUT2D eigenvalue weighted by Gasteiger charge is -2.10. The van der Waals surface area contributed by atoms with Crippen LogP contribution in [-0.2, 0) is 6.42 Å². The molecule has 0 spiro atoms. The third kappa shape index (κ3) is 2.07. The highest BCUT2D eigenvalue weighted by Gasteiger charge is 2.27. The number of Topliss-reactive ketones (excluding diaryl/α,β-unsaturated/α-hetero) is 1. The molecule has 1 atom stereocenters. The van der Waals surface area contributed by atoms with E-state index >= 15 is 0 Å². The molecular weight excluding hydrogens is 260 g/mol. The predicted molar refractivity (Wildman–Crippen MR) is 83.6 cm³/mol. The molecule has 0 saturated heterocycles. The zero-order chi connectivity index (χ0) is 14.2. The van der Waals surface area contributed by atoms with Gasteiger partial charge in [0.25, 0.3) is 0 Å². The molecule has 0 aliphatic carbocycles. The molecule has 3 aromatic rings. The maximum absolute atomic E-state index is 12.7. The molecule has 3 nitrogen and oxygen atoms in total. The SMILES string of the molecule is O=C(c1ccc2ncccc2c1)C1Cc2ccccc2N1. The Morgan fingerprint density at radius 2 is 2.00 bits per heavy atom. The number of aromatic nitrogens is 1. The van der Waals surface area contributed by atoms with Gasteiger partial charge in [-0.1, -0.05) is 24.3 Å². The number of hydrogen-bond donors (Lipinski definition) is 1. The Balaban J connectivity index is 1.65. The lowest BCUT2D eigenvalue weighted by Crippen LogP contribution is -2.27. The monoisotopic (exact) mass is 274 g/mol. The predicted octanol–water partition coefficient (Wildman–Crippen LogP) is 3.45. The molecule has 2 heterocycles. The molecule has 1 aliphatic heterocycles. The van der Waals surface area contributed by atoms with Crippen molar-refractivity contribution in [3.63, 3.8) is 0 Å². The Hall–Kier alpha value is -2.68. The van der Waals surface area contributed by atoms with Gasteiger partial charge in [-0.3, -0.25) is 9.78 Å². The van der Waals surface area contributed by atoms with E-state index in [1.807, 2.05) is 48.5 Å². The Morgan fingerprint density at radius 1 is 1.10 bits per heavy atom. The van der Waals surface area contributed by atoms with E-state index in [9.17, 15) is 4.79 Å². The summed E-state index contributed by atoms with van der Waals surface area (Å²) in [6.07, 6.45) is 2.51. The summed E-state index contributed by atoms with van der Waals surface area (Å²) in [7, 11) is 0. The third-order valence-corrected chi connectivity index (χ3v) is 3.98. The van der Waals surface area contributed by atoms with E-state index in [4.69, 9.17) is 0 Å². The second-order valence-corrected chi connectivity index (χ2v) is 5.33. The first-order valence-corrected chi connectivity index (χ1v) is 7.05. The van der Waals surface area contributed by atoms with E-state index in [2.05, 4.69) is 16.4 Å². The summed E-state index contributed by atoms with van der Waals surface area (Å²) < 4.78 is 0. The number of hydrogen-bond acceptors (Lipinski definition) is 3. The van der Waals surface area contributed by atoms with Crippen LogP contribution in [0.2, 0.25) is 0 Å². The summed E-state index contributed by atoms with van der Waals surface area (Å²) in [5, 5.41) is 4.31. The lowest BCUT2D eigenvalue weighted by atomic mass is 10.00. The number of para-hydroxylation sites is 1. The molecule has 0 saturated carbocycles. The van der Waals surface area contributed by atoms with E-state index in [1.165, 1.54) is 5.56 Å². The van der Waals surface area contributed by atoms with E-state index in [0.717, 1.165) is 28.6 Å². The van der Waals surface area contributed by atoms with Crippen LogP contribution < -0.4 is 5.32 Å². The van der Waals surface area contributed by atoms with Crippen LogP contribution in [0, 0.1) is 0 Å². The van der Waals surface area contributed by atoms with Crippen molar-refractivity contribution in [1.82, 2.24) is 4.98 Å². The summed E-state index contributed by atoms with van der Waals surface area (Å²) in [4.78, 5) is 17.0. The van der Waals surface area contributed by atoms with Crippen molar-refractivity contribution in [2.45, 2.75) is 12.5 Å². The number of carbonyl (C=O) groups excluding carboxylic acids is 1. The minimum atomic E-state index is -0.170. The minimum absolute atomic E-state index is 0.136. The lowest BCUT2D eigenvalue weighted by molar-refractivity contribution is 0.0972. The van der Waals surface area contributed by atoms with Crippen LogP contribution in [0.5, 0.6) is 0 Å². The van der Waals surface area contributed by atoms with Crippen molar-refractivity contribution < 1.29 is 4.79 Å². The second kappa shape index (κ2) is 4.70. The number of fused-ring (bicyclic) bond motifs is 2. The standard InChI is InChI=1S/C18H14N2O/c21-18(17-11-13-4-1-2-6-16(13)20-17)14-7-8-15-12(10-14)5-3-9-19-15/h1-10,17,20H,11H2. The molecular formula is C18H14N2O. The Labute approximate surface area is 122 Å². The quantitative estimate of drug-likeness (QED) is 0.728. The van der Waals surface area contributed by atoms with Crippen LogP contribution in [0.25, 0.3) is 10.9 Å². The molecule has 0 amide bonds. The van der Waals surface area contributed by atoms with Gasteiger partial charge in [-0.05, 0) is 35.9 Å². The molecule has 1 aromatic heterocycles. The highest BCUT2D eigenvalue weighted by atomic mass is 16.1. The molecule has 0 bridgehead atoms. The zero-order valence-electron chi connectivity index (χ0n) is 11.4.